The summed E-state index contributed by atoms with van der Waals surface area (Å²) < 4.78 is 1.70. The number of aromatic nitrogens is 3. The van der Waals surface area contributed by atoms with Crippen molar-refractivity contribution in [3.05, 3.63) is 59.5 Å². The van der Waals surface area contributed by atoms with Crippen LogP contribution in [0.3, 0.4) is 0 Å². The van der Waals surface area contributed by atoms with Crippen LogP contribution in [-0.4, -0.2) is 25.8 Å². The van der Waals surface area contributed by atoms with E-state index < -0.39 is 5.97 Å². The van der Waals surface area contributed by atoms with E-state index in [1.165, 1.54) is 0 Å². The van der Waals surface area contributed by atoms with Crippen LogP contribution in [0.15, 0.2) is 42.7 Å². The van der Waals surface area contributed by atoms with Crippen molar-refractivity contribution in [1.82, 2.24) is 14.8 Å². The Balaban J connectivity index is 2.07. The van der Waals surface area contributed by atoms with Crippen LogP contribution in [0.25, 0.3) is 23.1 Å². The van der Waals surface area contributed by atoms with Crippen LogP contribution in [0.1, 0.15) is 21.6 Å². The molecule has 21 heavy (non-hydrogen) atoms. The summed E-state index contributed by atoms with van der Waals surface area (Å²) in [5.41, 5.74) is 2.47. The fourth-order valence-electron chi connectivity index (χ4n) is 2.17. The van der Waals surface area contributed by atoms with Crippen molar-refractivity contribution >= 4 is 29.0 Å². The van der Waals surface area contributed by atoms with E-state index in [1.807, 2.05) is 37.5 Å². The minimum Gasteiger partial charge on any atom is -0.478 e. The molecular formula is C16H13N3O2. The van der Waals surface area contributed by atoms with E-state index in [2.05, 4.69) is 10.1 Å². The summed E-state index contributed by atoms with van der Waals surface area (Å²) in [6, 6.07) is 8.80. The lowest BCUT2D eigenvalue weighted by molar-refractivity contribution is 0.0699. The summed E-state index contributed by atoms with van der Waals surface area (Å²) in [6.45, 7) is 0. The first-order valence-electron chi connectivity index (χ1n) is 6.43. The number of hydrogen-bond donors (Lipinski definition) is 1. The molecule has 1 N–H and O–H groups in total. The Hall–Kier alpha value is -2.95. The second-order valence-corrected chi connectivity index (χ2v) is 4.70. The van der Waals surface area contributed by atoms with Gasteiger partial charge >= 0.3 is 5.97 Å². The summed E-state index contributed by atoms with van der Waals surface area (Å²) in [6.07, 6.45) is 7.25. The molecule has 1 aromatic carbocycles. The van der Waals surface area contributed by atoms with Gasteiger partial charge in [-0.3, -0.25) is 4.68 Å². The molecule has 0 amide bonds. The number of fused-ring (bicyclic) bond motifs is 1. The minimum absolute atomic E-state index is 0.256. The molecule has 0 saturated heterocycles. The third-order valence-corrected chi connectivity index (χ3v) is 3.14. The second-order valence-electron chi connectivity index (χ2n) is 4.70. The molecule has 0 bridgehead atoms. The van der Waals surface area contributed by atoms with Crippen molar-refractivity contribution in [2.75, 3.05) is 0 Å². The Bertz CT molecular complexity index is 850. The maximum absolute atomic E-state index is 11.4. The van der Waals surface area contributed by atoms with Gasteiger partial charge in [-0.1, -0.05) is 18.2 Å². The van der Waals surface area contributed by atoms with Gasteiger partial charge in [-0.05, 0) is 24.3 Å². The number of para-hydroxylation sites is 1. The van der Waals surface area contributed by atoms with E-state index in [-0.39, 0.29) is 5.56 Å². The normalized spacial score (nSPS) is 11.3. The molecule has 104 valence electrons. The zero-order chi connectivity index (χ0) is 14.8. The van der Waals surface area contributed by atoms with Crippen molar-refractivity contribution in [3.63, 3.8) is 0 Å². The van der Waals surface area contributed by atoms with Crippen LogP contribution in [0.4, 0.5) is 0 Å². The fourth-order valence-corrected chi connectivity index (χ4v) is 2.17. The van der Waals surface area contributed by atoms with E-state index in [9.17, 15) is 9.90 Å². The molecule has 5 nitrogen and oxygen atoms in total. The zero-order valence-electron chi connectivity index (χ0n) is 11.4. The molecule has 0 aliphatic carbocycles. The predicted molar refractivity (Wildman–Crippen MR) is 80.8 cm³/mol. The number of rotatable bonds is 3. The highest BCUT2D eigenvalue weighted by Crippen LogP contribution is 2.19. The quantitative estimate of drug-likeness (QED) is 0.800. The molecule has 5 heteroatoms. The second kappa shape index (κ2) is 5.20. The maximum atomic E-state index is 11.4. The van der Waals surface area contributed by atoms with Gasteiger partial charge in [0.05, 0.1) is 23.0 Å². The van der Waals surface area contributed by atoms with Gasteiger partial charge in [-0.15, -0.1) is 0 Å². The number of aryl methyl sites for hydroxylation is 1. The van der Waals surface area contributed by atoms with Crippen molar-refractivity contribution in [3.8, 4) is 0 Å². The van der Waals surface area contributed by atoms with Gasteiger partial charge in [-0.2, -0.15) is 5.10 Å². The Morgan fingerprint density at radius 2 is 2.10 bits per heavy atom. The Morgan fingerprint density at radius 3 is 2.81 bits per heavy atom. The van der Waals surface area contributed by atoms with Crippen LogP contribution in [0, 0.1) is 0 Å². The summed E-state index contributed by atoms with van der Waals surface area (Å²) in [7, 11) is 1.84. The number of carboxylic acid groups (broad SMARTS) is 1. The molecular weight excluding hydrogens is 266 g/mol. The lowest BCUT2D eigenvalue weighted by Crippen LogP contribution is -2.00. The monoisotopic (exact) mass is 279 g/mol. The summed E-state index contributed by atoms with van der Waals surface area (Å²) in [5, 5.41) is 14.0. The molecule has 0 aliphatic heterocycles. The fraction of sp³-hybridized carbons (Fsp3) is 0.0625. The molecule has 0 radical (unpaired) electrons. The maximum Gasteiger partial charge on any atom is 0.336 e. The van der Waals surface area contributed by atoms with Crippen LogP contribution in [0.2, 0.25) is 0 Å². The molecule has 0 unspecified atom stereocenters. The highest BCUT2D eigenvalue weighted by atomic mass is 16.4. The van der Waals surface area contributed by atoms with Crippen molar-refractivity contribution in [1.29, 1.82) is 0 Å². The molecule has 3 rings (SSSR count). The Labute approximate surface area is 121 Å². The van der Waals surface area contributed by atoms with Crippen molar-refractivity contribution in [2.45, 2.75) is 0 Å². The average Bonchev–Trinajstić information content (AvgIpc) is 2.89. The van der Waals surface area contributed by atoms with Crippen molar-refractivity contribution in [2.24, 2.45) is 7.05 Å². The zero-order valence-corrected chi connectivity index (χ0v) is 11.4. The summed E-state index contributed by atoms with van der Waals surface area (Å²) in [4.78, 5) is 15.8. The van der Waals surface area contributed by atoms with Gasteiger partial charge in [-0.25, -0.2) is 9.78 Å². The van der Waals surface area contributed by atoms with E-state index >= 15 is 0 Å². The third kappa shape index (κ3) is 2.67. The van der Waals surface area contributed by atoms with Crippen molar-refractivity contribution < 1.29 is 9.90 Å². The Morgan fingerprint density at radius 1 is 1.29 bits per heavy atom. The number of pyridine rings is 1. The van der Waals surface area contributed by atoms with E-state index in [4.69, 9.17) is 0 Å². The van der Waals surface area contributed by atoms with Crippen LogP contribution in [-0.2, 0) is 7.05 Å². The van der Waals surface area contributed by atoms with Gasteiger partial charge in [0.2, 0.25) is 0 Å². The minimum atomic E-state index is -0.954. The van der Waals surface area contributed by atoms with Crippen LogP contribution < -0.4 is 0 Å². The molecule has 0 saturated carbocycles. The molecule has 2 aromatic heterocycles. The standard InChI is InChI=1S/C16H13N3O2/c1-19-10-11(9-17-19)6-7-12-8-14(16(20)21)13-4-2-3-5-15(13)18-12/h2-10H,1H3,(H,20,21)/b7-6-. The first-order valence-corrected chi connectivity index (χ1v) is 6.43. The first kappa shape index (κ1) is 13.1. The van der Waals surface area contributed by atoms with Gasteiger partial charge in [0.15, 0.2) is 0 Å². The summed E-state index contributed by atoms with van der Waals surface area (Å²) in [5.74, 6) is -0.954. The molecule has 0 fully saturated rings. The number of benzene rings is 1. The highest BCUT2D eigenvalue weighted by molar-refractivity contribution is 6.03. The molecule has 3 aromatic rings. The Kier molecular flexibility index (Phi) is 3.23. The molecule has 0 spiro atoms. The SMILES string of the molecule is Cn1cc(/C=C\c2cc(C(=O)O)c3ccccc3n2)cn1. The lowest BCUT2D eigenvalue weighted by Gasteiger charge is -2.03. The molecule has 2 heterocycles. The number of nitrogens with zero attached hydrogens (tertiary/aromatic N) is 3. The number of carboxylic acids is 1. The predicted octanol–water partition coefficient (Wildman–Crippen LogP) is 2.84. The van der Waals surface area contributed by atoms with E-state index in [1.54, 1.807) is 29.1 Å². The van der Waals surface area contributed by atoms with Gasteiger partial charge in [0, 0.05) is 24.2 Å². The highest BCUT2D eigenvalue weighted by Gasteiger charge is 2.10. The van der Waals surface area contributed by atoms with E-state index in [0.29, 0.717) is 16.6 Å². The topological polar surface area (TPSA) is 68.0 Å². The number of carbonyl (C=O) groups is 1. The number of aromatic carboxylic acids is 1. The van der Waals surface area contributed by atoms with Crippen LogP contribution in [0.5, 0.6) is 0 Å². The smallest absolute Gasteiger partial charge is 0.336 e. The van der Waals surface area contributed by atoms with Gasteiger partial charge in [0.25, 0.3) is 0 Å². The van der Waals surface area contributed by atoms with Crippen LogP contribution >= 0.6 is 0 Å². The average molecular weight is 279 g/mol. The third-order valence-electron chi connectivity index (χ3n) is 3.14. The van der Waals surface area contributed by atoms with E-state index in [0.717, 1.165) is 5.56 Å². The largest absolute Gasteiger partial charge is 0.478 e. The molecule has 0 atom stereocenters. The molecule has 0 aliphatic rings. The number of hydrogen-bond acceptors (Lipinski definition) is 3. The first-order chi connectivity index (χ1) is 10.1. The lowest BCUT2D eigenvalue weighted by atomic mass is 10.1. The van der Waals surface area contributed by atoms with Gasteiger partial charge in [0.1, 0.15) is 0 Å². The summed E-state index contributed by atoms with van der Waals surface area (Å²) >= 11 is 0. The van der Waals surface area contributed by atoms with Gasteiger partial charge < -0.3 is 5.11 Å².